The molecule has 2 aromatic heterocycles. The van der Waals surface area contributed by atoms with Crippen LogP contribution >= 0.6 is 0 Å². The molecule has 2 atom stereocenters. The minimum atomic E-state index is -4.91. The van der Waals surface area contributed by atoms with Gasteiger partial charge in [0, 0.05) is 6.42 Å². The normalized spacial score (nSPS) is 19.2. The van der Waals surface area contributed by atoms with E-state index >= 15 is 0 Å². The second-order valence-electron chi connectivity index (χ2n) is 6.66. The van der Waals surface area contributed by atoms with Gasteiger partial charge in [0.05, 0.1) is 22.7 Å². The summed E-state index contributed by atoms with van der Waals surface area (Å²) in [6.07, 6.45) is -10.9. The van der Waals surface area contributed by atoms with E-state index in [-0.39, 0.29) is 17.6 Å². The van der Waals surface area contributed by atoms with Crippen molar-refractivity contribution in [3.05, 3.63) is 58.1 Å². The Bertz CT molecular complexity index is 1190. The molecule has 0 saturated heterocycles. The van der Waals surface area contributed by atoms with Gasteiger partial charge in [0.25, 0.3) is 0 Å². The Labute approximate surface area is 163 Å². The SMILES string of the molecule is O=c1nc(N[C@@H]2C[C@H]2F)c2ccc(C(F)(F)F)nc2n1-c1ccccc1C(F)(F)F. The summed E-state index contributed by atoms with van der Waals surface area (Å²) in [5, 5.41) is 2.43. The predicted molar refractivity (Wildman–Crippen MR) is 92.1 cm³/mol. The standard InChI is InChI=1S/C18H11F7N4O/c19-10-7-11(10)26-14-8-5-6-13(18(23,24)25)27-15(8)29(16(30)28-14)12-4-2-1-3-9(12)17(20,21)22/h1-6,10-11H,7H2,(H,26,28,30)/t10-,11-/m1/s1. The second kappa shape index (κ2) is 6.67. The maximum atomic E-state index is 13.4. The lowest BCUT2D eigenvalue weighted by Crippen LogP contribution is -2.27. The number of fused-ring (bicyclic) bond motifs is 1. The fourth-order valence-corrected chi connectivity index (χ4v) is 2.98. The Morgan fingerprint density at radius 3 is 2.23 bits per heavy atom. The molecule has 30 heavy (non-hydrogen) atoms. The number of anilines is 1. The molecule has 3 aromatic rings. The zero-order valence-corrected chi connectivity index (χ0v) is 14.7. The van der Waals surface area contributed by atoms with E-state index in [1.165, 1.54) is 6.07 Å². The van der Waals surface area contributed by atoms with Gasteiger partial charge in [-0.15, -0.1) is 0 Å². The Kier molecular flexibility index (Phi) is 4.47. The summed E-state index contributed by atoms with van der Waals surface area (Å²) in [6.45, 7) is 0. The second-order valence-corrected chi connectivity index (χ2v) is 6.66. The van der Waals surface area contributed by atoms with Crippen molar-refractivity contribution < 1.29 is 30.7 Å². The first-order chi connectivity index (χ1) is 14.0. The van der Waals surface area contributed by atoms with E-state index in [2.05, 4.69) is 15.3 Å². The molecule has 12 heteroatoms. The van der Waals surface area contributed by atoms with Crippen molar-refractivity contribution >= 4 is 16.9 Å². The molecule has 1 aliphatic carbocycles. The van der Waals surface area contributed by atoms with Crippen LogP contribution in [0.25, 0.3) is 16.7 Å². The third-order valence-corrected chi connectivity index (χ3v) is 4.52. The van der Waals surface area contributed by atoms with Crippen LogP contribution in [0.15, 0.2) is 41.2 Å². The summed E-state index contributed by atoms with van der Waals surface area (Å²) in [7, 11) is 0. The predicted octanol–water partition coefficient (Wildman–Crippen LogP) is 4.34. The van der Waals surface area contributed by atoms with Crippen LogP contribution in [-0.2, 0) is 12.4 Å². The van der Waals surface area contributed by atoms with Crippen molar-refractivity contribution in [3.8, 4) is 5.69 Å². The lowest BCUT2D eigenvalue weighted by molar-refractivity contribution is -0.141. The number of nitrogens with zero attached hydrogens (tertiary/aromatic N) is 3. The number of nitrogens with one attached hydrogen (secondary N) is 1. The first-order valence-electron chi connectivity index (χ1n) is 8.55. The fraction of sp³-hybridized carbons (Fsp3) is 0.278. The molecule has 4 rings (SSSR count). The largest absolute Gasteiger partial charge is 0.433 e. The van der Waals surface area contributed by atoms with Crippen LogP contribution < -0.4 is 11.0 Å². The number of hydrogen-bond acceptors (Lipinski definition) is 4. The maximum Gasteiger partial charge on any atom is 0.433 e. The zero-order valence-electron chi connectivity index (χ0n) is 14.7. The summed E-state index contributed by atoms with van der Waals surface area (Å²) >= 11 is 0. The zero-order chi connectivity index (χ0) is 21.8. The van der Waals surface area contributed by atoms with E-state index < -0.39 is 52.8 Å². The van der Waals surface area contributed by atoms with Crippen LogP contribution in [0, 0.1) is 0 Å². The van der Waals surface area contributed by atoms with Crippen LogP contribution in [0.1, 0.15) is 17.7 Å². The maximum absolute atomic E-state index is 13.4. The molecule has 1 aromatic carbocycles. The number of para-hydroxylation sites is 1. The molecule has 1 N–H and O–H groups in total. The molecule has 2 heterocycles. The van der Waals surface area contributed by atoms with Crippen molar-refractivity contribution in [1.29, 1.82) is 0 Å². The van der Waals surface area contributed by atoms with Gasteiger partial charge in [0.2, 0.25) is 0 Å². The molecule has 1 aliphatic rings. The number of halogens is 7. The van der Waals surface area contributed by atoms with E-state index in [9.17, 15) is 35.5 Å². The summed E-state index contributed by atoms with van der Waals surface area (Å²) in [5.74, 6) is -0.248. The highest BCUT2D eigenvalue weighted by Gasteiger charge is 2.39. The van der Waals surface area contributed by atoms with Gasteiger partial charge < -0.3 is 5.32 Å². The van der Waals surface area contributed by atoms with Crippen molar-refractivity contribution in [1.82, 2.24) is 14.5 Å². The van der Waals surface area contributed by atoms with Gasteiger partial charge >= 0.3 is 18.0 Å². The Hall–Kier alpha value is -3.18. The van der Waals surface area contributed by atoms with Crippen molar-refractivity contribution in [3.63, 3.8) is 0 Å². The van der Waals surface area contributed by atoms with Gasteiger partial charge in [-0.05, 0) is 24.3 Å². The van der Waals surface area contributed by atoms with Crippen LogP contribution in [0.5, 0.6) is 0 Å². The Balaban J connectivity index is 2.04. The van der Waals surface area contributed by atoms with Gasteiger partial charge in [-0.3, -0.25) is 0 Å². The summed E-state index contributed by atoms with van der Waals surface area (Å²) in [5.41, 5.74) is -5.34. The molecule has 0 amide bonds. The first-order valence-corrected chi connectivity index (χ1v) is 8.55. The lowest BCUT2D eigenvalue weighted by atomic mass is 10.1. The minimum absolute atomic E-state index is 0.108. The highest BCUT2D eigenvalue weighted by atomic mass is 19.4. The molecular formula is C18H11F7N4O. The van der Waals surface area contributed by atoms with Gasteiger partial charge in [0.15, 0.2) is 5.65 Å². The first kappa shape index (κ1) is 20.1. The van der Waals surface area contributed by atoms with E-state index in [4.69, 9.17) is 0 Å². The van der Waals surface area contributed by atoms with Crippen molar-refractivity contribution in [2.24, 2.45) is 0 Å². The topological polar surface area (TPSA) is 59.8 Å². The average molecular weight is 432 g/mol. The Morgan fingerprint density at radius 2 is 1.63 bits per heavy atom. The van der Waals surface area contributed by atoms with Crippen molar-refractivity contribution in [2.45, 2.75) is 31.0 Å². The fourth-order valence-electron chi connectivity index (χ4n) is 2.98. The molecule has 0 unspecified atom stereocenters. The molecule has 0 bridgehead atoms. The van der Waals surface area contributed by atoms with Crippen molar-refractivity contribution in [2.75, 3.05) is 5.32 Å². The summed E-state index contributed by atoms with van der Waals surface area (Å²) < 4.78 is 93.5. The Morgan fingerprint density at radius 1 is 0.967 bits per heavy atom. The molecule has 1 fully saturated rings. The molecule has 1 saturated carbocycles. The quantitative estimate of drug-likeness (QED) is 0.626. The van der Waals surface area contributed by atoms with E-state index in [1.54, 1.807) is 0 Å². The number of hydrogen-bond donors (Lipinski definition) is 1. The number of aromatic nitrogens is 3. The molecular weight excluding hydrogens is 421 g/mol. The van der Waals surface area contributed by atoms with Crippen LogP contribution in [-0.4, -0.2) is 26.7 Å². The van der Waals surface area contributed by atoms with Gasteiger partial charge in [-0.1, -0.05) is 12.1 Å². The smallest absolute Gasteiger partial charge is 0.364 e. The molecule has 0 radical (unpaired) electrons. The van der Waals surface area contributed by atoms with Gasteiger partial charge in [-0.25, -0.2) is 18.7 Å². The minimum Gasteiger partial charge on any atom is -0.364 e. The monoisotopic (exact) mass is 432 g/mol. The third kappa shape index (κ3) is 3.57. The molecule has 0 aliphatic heterocycles. The van der Waals surface area contributed by atoms with Crippen LogP contribution in [0.2, 0.25) is 0 Å². The third-order valence-electron chi connectivity index (χ3n) is 4.52. The van der Waals surface area contributed by atoms with Crippen LogP contribution in [0.3, 0.4) is 0 Å². The van der Waals surface area contributed by atoms with Gasteiger partial charge in [-0.2, -0.15) is 31.3 Å². The molecule has 158 valence electrons. The lowest BCUT2D eigenvalue weighted by Gasteiger charge is -2.18. The van der Waals surface area contributed by atoms with E-state index in [1.807, 2.05) is 0 Å². The van der Waals surface area contributed by atoms with E-state index in [0.717, 1.165) is 18.2 Å². The summed E-state index contributed by atoms with van der Waals surface area (Å²) in [4.78, 5) is 19.7. The summed E-state index contributed by atoms with van der Waals surface area (Å²) in [6, 6.07) is 4.74. The molecule has 5 nitrogen and oxygen atoms in total. The number of alkyl halides is 7. The highest BCUT2D eigenvalue weighted by molar-refractivity contribution is 5.88. The number of pyridine rings is 1. The highest BCUT2D eigenvalue weighted by Crippen LogP contribution is 2.36. The van der Waals surface area contributed by atoms with E-state index in [0.29, 0.717) is 16.7 Å². The van der Waals surface area contributed by atoms with Crippen LogP contribution in [0.4, 0.5) is 36.6 Å². The van der Waals surface area contributed by atoms with Gasteiger partial charge in [0.1, 0.15) is 17.7 Å². The molecule has 0 spiro atoms. The number of benzene rings is 1. The average Bonchev–Trinajstić information content (AvgIpc) is 3.34. The number of rotatable bonds is 3.